The van der Waals surface area contributed by atoms with Crippen molar-refractivity contribution >= 4 is 29.3 Å². The molecule has 2 aromatic rings. The lowest BCUT2D eigenvalue weighted by Crippen LogP contribution is -2.04. The van der Waals surface area contributed by atoms with Crippen molar-refractivity contribution in [3.8, 4) is 0 Å². The van der Waals surface area contributed by atoms with Gasteiger partial charge in [-0.05, 0) is 30.3 Å². The normalized spacial score (nSPS) is 11.6. The first kappa shape index (κ1) is 16.0. The molecule has 0 aliphatic rings. The number of halogens is 3. The minimum Gasteiger partial charge on any atom is -0.384 e. The van der Waals surface area contributed by atoms with Crippen molar-refractivity contribution < 1.29 is 13.2 Å². The highest BCUT2D eigenvalue weighted by Gasteiger charge is 2.30. The molecule has 0 spiro atoms. The maximum absolute atomic E-state index is 12.6. The van der Waals surface area contributed by atoms with E-state index in [1.54, 1.807) is 30.1 Å². The molecule has 112 valence electrons. The summed E-state index contributed by atoms with van der Waals surface area (Å²) < 4.78 is 37.7. The number of nitrogen functional groups attached to an aromatic ring is 1. The molecule has 0 unspecified atom stereocenters. The molecular formula is C14H13F3N2S2. The number of benzene rings is 1. The van der Waals surface area contributed by atoms with Crippen LogP contribution in [0.3, 0.4) is 0 Å². The number of rotatable bonds is 5. The zero-order chi connectivity index (χ0) is 15.3. The highest BCUT2D eigenvalue weighted by Crippen LogP contribution is 2.32. The minimum atomic E-state index is -4.29. The summed E-state index contributed by atoms with van der Waals surface area (Å²) in [4.78, 5) is 5.60. The Labute approximate surface area is 129 Å². The summed E-state index contributed by atoms with van der Waals surface area (Å²) in [5.74, 6) is 1.97. The van der Waals surface area contributed by atoms with Gasteiger partial charge < -0.3 is 5.73 Å². The number of hydrogen-bond acceptors (Lipinski definition) is 4. The van der Waals surface area contributed by atoms with Gasteiger partial charge in [-0.3, -0.25) is 0 Å². The van der Waals surface area contributed by atoms with Crippen LogP contribution in [-0.4, -0.2) is 16.5 Å². The summed E-state index contributed by atoms with van der Waals surface area (Å²) in [6.07, 6.45) is -2.60. The minimum absolute atomic E-state index is 0.470. The lowest BCUT2D eigenvalue weighted by atomic mass is 10.2. The van der Waals surface area contributed by atoms with Gasteiger partial charge in [0.2, 0.25) is 0 Å². The number of pyridine rings is 1. The van der Waals surface area contributed by atoms with E-state index in [0.29, 0.717) is 10.7 Å². The third-order valence-electron chi connectivity index (χ3n) is 2.54. The van der Waals surface area contributed by atoms with Gasteiger partial charge in [-0.1, -0.05) is 6.07 Å². The molecule has 0 saturated heterocycles. The predicted octanol–water partition coefficient (Wildman–Crippen LogP) is 4.57. The monoisotopic (exact) mass is 330 g/mol. The smallest absolute Gasteiger partial charge is 0.384 e. The van der Waals surface area contributed by atoms with Gasteiger partial charge in [-0.25, -0.2) is 4.98 Å². The van der Waals surface area contributed by atoms with E-state index in [2.05, 4.69) is 4.98 Å². The average molecular weight is 330 g/mol. The highest BCUT2D eigenvalue weighted by molar-refractivity contribution is 8.03. The summed E-state index contributed by atoms with van der Waals surface area (Å²) in [6.45, 7) is 0. The summed E-state index contributed by atoms with van der Waals surface area (Å²) in [7, 11) is 0. The van der Waals surface area contributed by atoms with Crippen LogP contribution in [0.1, 0.15) is 5.56 Å². The molecule has 2 rings (SSSR count). The Kier molecular flexibility index (Phi) is 5.41. The molecule has 7 heteroatoms. The Hall–Kier alpha value is -1.34. The third-order valence-corrected chi connectivity index (χ3v) is 4.78. The van der Waals surface area contributed by atoms with Crippen LogP contribution < -0.4 is 5.73 Å². The molecule has 0 saturated carbocycles. The number of nitrogens with zero attached hydrogens (tertiary/aromatic N) is 1. The molecule has 0 bridgehead atoms. The van der Waals surface area contributed by atoms with Gasteiger partial charge in [0.05, 0.1) is 5.56 Å². The first-order valence-electron chi connectivity index (χ1n) is 6.09. The van der Waals surface area contributed by atoms with Gasteiger partial charge in [-0.2, -0.15) is 13.2 Å². The van der Waals surface area contributed by atoms with Crippen LogP contribution in [0, 0.1) is 0 Å². The Morgan fingerprint density at radius 1 is 1.00 bits per heavy atom. The summed E-state index contributed by atoms with van der Waals surface area (Å²) in [5, 5.41) is 0. The first-order valence-corrected chi connectivity index (χ1v) is 8.06. The Morgan fingerprint density at radius 2 is 1.71 bits per heavy atom. The summed E-state index contributed by atoms with van der Waals surface area (Å²) >= 11 is 3.00. The first-order chi connectivity index (χ1) is 9.95. The SMILES string of the molecule is Nc1ccc(SCCSc2cccc(C(F)(F)F)c2)cn1. The number of anilines is 1. The fourth-order valence-electron chi connectivity index (χ4n) is 1.56. The van der Waals surface area contributed by atoms with Crippen molar-refractivity contribution in [1.29, 1.82) is 0 Å². The van der Waals surface area contributed by atoms with Gasteiger partial charge in [0.25, 0.3) is 0 Å². The van der Waals surface area contributed by atoms with Gasteiger partial charge >= 0.3 is 6.18 Å². The van der Waals surface area contributed by atoms with Crippen molar-refractivity contribution in [3.63, 3.8) is 0 Å². The van der Waals surface area contributed by atoms with E-state index in [1.807, 2.05) is 6.07 Å². The molecule has 0 radical (unpaired) electrons. The second kappa shape index (κ2) is 7.09. The zero-order valence-electron chi connectivity index (χ0n) is 10.9. The molecule has 0 aliphatic carbocycles. The molecule has 0 amide bonds. The van der Waals surface area contributed by atoms with Crippen LogP contribution in [0.2, 0.25) is 0 Å². The van der Waals surface area contributed by atoms with E-state index < -0.39 is 11.7 Å². The number of aromatic nitrogens is 1. The number of nitrogens with two attached hydrogens (primary N) is 1. The largest absolute Gasteiger partial charge is 0.416 e. The van der Waals surface area contributed by atoms with Crippen LogP contribution in [-0.2, 0) is 6.18 Å². The van der Waals surface area contributed by atoms with Crippen molar-refractivity contribution in [2.24, 2.45) is 0 Å². The Morgan fingerprint density at radius 3 is 2.33 bits per heavy atom. The number of hydrogen-bond donors (Lipinski definition) is 1. The fourth-order valence-corrected chi connectivity index (χ4v) is 3.37. The second-order valence-electron chi connectivity index (χ2n) is 4.14. The van der Waals surface area contributed by atoms with E-state index in [4.69, 9.17) is 5.73 Å². The molecular weight excluding hydrogens is 317 g/mol. The van der Waals surface area contributed by atoms with Crippen molar-refractivity contribution in [2.45, 2.75) is 16.0 Å². The topological polar surface area (TPSA) is 38.9 Å². The molecule has 1 heterocycles. The van der Waals surface area contributed by atoms with Crippen LogP contribution in [0.5, 0.6) is 0 Å². The van der Waals surface area contributed by atoms with Crippen LogP contribution in [0.15, 0.2) is 52.4 Å². The molecule has 1 aromatic carbocycles. The van der Waals surface area contributed by atoms with Gasteiger partial charge in [0, 0.05) is 27.5 Å². The standard InChI is InChI=1S/C14H13F3N2S2/c15-14(16,17)10-2-1-3-11(8-10)20-6-7-21-12-4-5-13(18)19-9-12/h1-5,8-9H,6-7H2,(H2,18,19). The van der Waals surface area contributed by atoms with Gasteiger partial charge in [-0.15, -0.1) is 23.5 Å². The van der Waals surface area contributed by atoms with Crippen molar-refractivity contribution in [3.05, 3.63) is 48.2 Å². The molecule has 0 atom stereocenters. The van der Waals surface area contributed by atoms with Crippen LogP contribution >= 0.6 is 23.5 Å². The molecule has 2 nitrogen and oxygen atoms in total. The van der Waals surface area contributed by atoms with Crippen LogP contribution in [0.4, 0.5) is 19.0 Å². The lowest BCUT2D eigenvalue weighted by molar-refractivity contribution is -0.137. The van der Waals surface area contributed by atoms with Gasteiger partial charge in [0.1, 0.15) is 5.82 Å². The summed E-state index contributed by atoms with van der Waals surface area (Å²) in [6, 6.07) is 8.99. The Balaban J connectivity index is 1.82. The van der Waals surface area contributed by atoms with E-state index in [1.165, 1.54) is 23.9 Å². The van der Waals surface area contributed by atoms with E-state index in [9.17, 15) is 13.2 Å². The third kappa shape index (κ3) is 5.17. The molecule has 1 aromatic heterocycles. The quantitative estimate of drug-likeness (QED) is 0.644. The van der Waals surface area contributed by atoms with Gasteiger partial charge in [0.15, 0.2) is 0 Å². The fraction of sp³-hybridized carbons (Fsp3) is 0.214. The zero-order valence-corrected chi connectivity index (χ0v) is 12.6. The van der Waals surface area contributed by atoms with Crippen molar-refractivity contribution in [1.82, 2.24) is 4.98 Å². The molecule has 21 heavy (non-hydrogen) atoms. The van der Waals surface area contributed by atoms with Crippen molar-refractivity contribution in [2.75, 3.05) is 17.2 Å². The summed E-state index contributed by atoms with van der Waals surface area (Å²) in [5.41, 5.74) is 4.88. The average Bonchev–Trinajstić information content (AvgIpc) is 2.45. The van der Waals surface area contributed by atoms with E-state index in [0.717, 1.165) is 22.5 Å². The lowest BCUT2D eigenvalue weighted by Gasteiger charge is -2.08. The second-order valence-corrected chi connectivity index (χ2v) is 6.48. The maximum Gasteiger partial charge on any atom is 0.416 e. The molecule has 0 aliphatic heterocycles. The van der Waals surface area contributed by atoms with E-state index in [-0.39, 0.29) is 0 Å². The highest BCUT2D eigenvalue weighted by atomic mass is 32.2. The molecule has 2 N–H and O–H groups in total. The Bertz CT molecular complexity index is 586. The number of thioether (sulfide) groups is 2. The number of alkyl halides is 3. The maximum atomic E-state index is 12.6. The van der Waals surface area contributed by atoms with E-state index >= 15 is 0 Å². The molecule has 0 fully saturated rings. The van der Waals surface area contributed by atoms with Crippen LogP contribution in [0.25, 0.3) is 0 Å². The predicted molar refractivity (Wildman–Crippen MR) is 81.5 cm³/mol.